The molecule has 2 saturated heterocycles. The number of carbonyl (C=O) groups excluding carboxylic acids is 4. The lowest BCUT2D eigenvalue weighted by Gasteiger charge is -2.49. The number of rotatable bonds is 14. The minimum atomic E-state index is -1.42. The number of aryl methyl sites for hydroxylation is 2. The summed E-state index contributed by atoms with van der Waals surface area (Å²) in [6.07, 6.45) is -2.84. The van der Waals surface area contributed by atoms with Gasteiger partial charge in [0.15, 0.2) is 12.2 Å². The lowest BCUT2D eigenvalue weighted by atomic mass is 10.0. The van der Waals surface area contributed by atoms with Gasteiger partial charge in [-0.1, -0.05) is 84.2 Å². The Labute approximate surface area is 367 Å². The summed E-state index contributed by atoms with van der Waals surface area (Å²) in [5.41, 5.74) is 1.80. The molecular formula is C36H36N12O10S4. The number of aromatic nitrogens is 8. The van der Waals surface area contributed by atoms with Crippen molar-refractivity contribution in [2.45, 2.75) is 45.4 Å². The van der Waals surface area contributed by atoms with Crippen LogP contribution in [-0.4, -0.2) is 152 Å². The number of carboxylic acid groups (broad SMARTS) is 2. The van der Waals surface area contributed by atoms with Crippen molar-refractivity contribution in [2.75, 3.05) is 23.0 Å². The van der Waals surface area contributed by atoms with Crippen molar-refractivity contribution in [1.82, 2.24) is 60.8 Å². The number of aliphatic hydroxyl groups excluding tert-OH is 2. The van der Waals surface area contributed by atoms with Gasteiger partial charge in [-0.2, -0.15) is 0 Å². The van der Waals surface area contributed by atoms with E-state index in [-0.39, 0.29) is 11.4 Å². The van der Waals surface area contributed by atoms with Crippen molar-refractivity contribution in [1.29, 1.82) is 0 Å². The molecule has 0 unspecified atom stereocenters. The molecule has 2 aromatic heterocycles. The maximum atomic E-state index is 12.7. The zero-order valence-electron chi connectivity index (χ0n) is 32.4. The number of aliphatic carboxylic acids is 2. The third kappa shape index (κ3) is 9.05. The average Bonchev–Trinajstić information content (AvgIpc) is 3.90. The molecule has 4 aromatic rings. The molecule has 324 valence electrons. The topological polar surface area (TPSA) is 301 Å². The van der Waals surface area contributed by atoms with Crippen LogP contribution < -0.4 is 10.6 Å². The Morgan fingerprint density at radius 3 is 1.37 bits per heavy atom. The zero-order valence-corrected chi connectivity index (χ0v) is 35.7. The van der Waals surface area contributed by atoms with Crippen LogP contribution in [0.25, 0.3) is 0 Å². The molecule has 4 aliphatic heterocycles. The average molecular weight is 925 g/mol. The van der Waals surface area contributed by atoms with Crippen LogP contribution in [0.2, 0.25) is 0 Å². The third-order valence-electron chi connectivity index (χ3n) is 9.74. The number of fused-ring (bicyclic) bond motifs is 2. The smallest absolute Gasteiger partial charge is 0.352 e. The fraction of sp³-hybridized carbons (Fsp3) is 0.333. The second-order valence-electron chi connectivity index (χ2n) is 13.7. The molecule has 0 spiro atoms. The first-order valence-corrected chi connectivity index (χ1v) is 22.4. The lowest BCUT2D eigenvalue weighted by molar-refractivity contribution is -0.151. The van der Waals surface area contributed by atoms with E-state index in [1.807, 2.05) is 0 Å². The van der Waals surface area contributed by atoms with Crippen LogP contribution in [0.4, 0.5) is 0 Å². The Balaban J connectivity index is 0.000000186. The van der Waals surface area contributed by atoms with Gasteiger partial charge in [-0.3, -0.25) is 29.0 Å². The predicted octanol–water partition coefficient (Wildman–Crippen LogP) is -0.451. The first-order chi connectivity index (χ1) is 29.8. The van der Waals surface area contributed by atoms with Crippen LogP contribution >= 0.6 is 47.0 Å². The SMILES string of the molecule is Cn1nnnc1SCC1=C(C(=O)O)N2C(=O)[C@@H](NC(=O)[C@H](O)c3ccccc3)[C@H]2SC1.Cn1nnnc1SCC1=C(C(=O)O)N2C(=O)[C@@H](NC(=O)[C@H](O)c3ccccc3)[C@H]2SC1. The Morgan fingerprint density at radius 2 is 1.05 bits per heavy atom. The summed E-state index contributed by atoms with van der Waals surface area (Å²) in [7, 11) is 3.35. The summed E-state index contributed by atoms with van der Waals surface area (Å²) >= 11 is 5.27. The molecule has 26 heteroatoms. The van der Waals surface area contributed by atoms with Crippen molar-refractivity contribution in [3.8, 4) is 0 Å². The summed E-state index contributed by atoms with van der Waals surface area (Å²) < 4.78 is 2.95. The van der Waals surface area contributed by atoms with E-state index >= 15 is 0 Å². The molecule has 2 fully saturated rings. The van der Waals surface area contributed by atoms with Crippen LogP contribution in [0.1, 0.15) is 23.3 Å². The van der Waals surface area contributed by atoms with Gasteiger partial charge in [-0.25, -0.2) is 19.0 Å². The minimum absolute atomic E-state index is 0.0783. The first kappa shape index (κ1) is 44.3. The fourth-order valence-corrected chi connectivity index (χ4v) is 11.3. The molecule has 6 N–H and O–H groups in total. The number of benzene rings is 2. The summed E-state index contributed by atoms with van der Waals surface area (Å²) in [4.78, 5) is 76.5. The second kappa shape index (κ2) is 19.1. The fourth-order valence-electron chi connectivity index (χ4n) is 6.62. The van der Waals surface area contributed by atoms with Gasteiger partial charge in [0.2, 0.25) is 10.3 Å². The summed E-state index contributed by atoms with van der Waals surface area (Å²) in [5.74, 6) is -3.50. The Kier molecular flexibility index (Phi) is 13.6. The standard InChI is InChI=1S/2C18H18N6O5S2/c2*1-23-18(20-21-22-23)31-8-10-7-30-16-11(15(27)24(16)12(10)17(28)29)19-14(26)13(25)9-5-3-2-4-6-9/h2*2-6,11,13,16,25H,7-8H2,1H3,(H,19,26)(H,28,29)/t2*11-,13-,16-/m11/s1. The number of thioether (sulfide) groups is 4. The molecule has 4 aliphatic rings. The third-order valence-corrected chi connectivity index (χ3v) is 14.6. The minimum Gasteiger partial charge on any atom is -0.477 e. The number of hydrogen-bond donors (Lipinski definition) is 6. The molecule has 62 heavy (non-hydrogen) atoms. The van der Waals surface area contributed by atoms with E-state index in [4.69, 9.17) is 0 Å². The van der Waals surface area contributed by atoms with Crippen molar-refractivity contribution in [3.05, 3.63) is 94.3 Å². The highest BCUT2D eigenvalue weighted by atomic mass is 32.2. The predicted molar refractivity (Wildman–Crippen MR) is 221 cm³/mol. The molecule has 0 saturated carbocycles. The Bertz CT molecular complexity index is 2290. The highest BCUT2D eigenvalue weighted by molar-refractivity contribution is 8.01. The summed E-state index contributed by atoms with van der Waals surface area (Å²) in [6, 6.07) is 14.9. The van der Waals surface area contributed by atoms with E-state index in [0.717, 1.165) is 0 Å². The van der Waals surface area contributed by atoms with Crippen molar-refractivity contribution >= 4 is 82.6 Å². The molecule has 8 rings (SSSR count). The highest BCUT2D eigenvalue weighted by Gasteiger charge is 2.55. The molecule has 0 radical (unpaired) electrons. The van der Waals surface area contributed by atoms with Crippen molar-refractivity contribution in [3.63, 3.8) is 0 Å². The molecule has 22 nitrogen and oxygen atoms in total. The monoisotopic (exact) mass is 924 g/mol. The molecule has 2 aromatic carbocycles. The number of β-lactam (4-membered cyclic amide) rings is 2. The maximum absolute atomic E-state index is 12.7. The number of hydrogen-bond acceptors (Lipinski definition) is 18. The van der Waals surface area contributed by atoms with E-state index in [1.54, 1.807) is 74.8 Å². The Hall–Kier alpha value is -5.80. The quantitative estimate of drug-likeness (QED) is 0.0689. The Morgan fingerprint density at radius 1 is 0.677 bits per heavy atom. The van der Waals surface area contributed by atoms with Crippen molar-refractivity contribution in [2.24, 2.45) is 14.1 Å². The number of tetrazole rings is 2. The van der Waals surface area contributed by atoms with Gasteiger partial charge in [0, 0.05) is 37.1 Å². The number of carbonyl (C=O) groups is 6. The van der Waals surface area contributed by atoms with Gasteiger partial charge in [0.05, 0.1) is 0 Å². The number of amides is 4. The summed E-state index contributed by atoms with van der Waals surface area (Å²) in [6.45, 7) is 0. The molecule has 6 atom stereocenters. The highest BCUT2D eigenvalue weighted by Crippen LogP contribution is 2.43. The number of aliphatic hydroxyl groups is 2. The van der Waals surface area contributed by atoms with Gasteiger partial charge < -0.3 is 31.1 Å². The van der Waals surface area contributed by atoms with Gasteiger partial charge in [-0.05, 0) is 43.1 Å². The molecule has 6 heterocycles. The summed E-state index contributed by atoms with van der Waals surface area (Å²) in [5, 5.41) is 67.2. The van der Waals surface area contributed by atoms with Crippen LogP contribution in [-0.2, 0) is 42.9 Å². The van der Waals surface area contributed by atoms with Crippen LogP contribution in [0, 0.1) is 0 Å². The van der Waals surface area contributed by atoms with Crippen molar-refractivity contribution < 1.29 is 49.2 Å². The first-order valence-electron chi connectivity index (χ1n) is 18.3. The molecule has 4 amide bonds. The van der Waals surface area contributed by atoms with E-state index in [9.17, 15) is 49.2 Å². The van der Waals surface area contributed by atoms with Gasteiger partial charge in [0.25, 0.3) is 23.6 Å². The largest absolute Gasteiger partial charge is 0.477 e. The second-order valence-corrected chi connectivity index (χ2v) is 17.8. The van der Waals surface area contributed by atoms with Crippen LogP contribution in [0.5, 0.6) is 0 Å². The number of nitrogens with zero attached hydrogens (tertiary/aromatic N) is 10. The molecule has 0 aliphatic carbocycles. The van der Waals surface area contributed by atoms with Gasteiger partial charge in [-0.15, -0.1) is 33.7 Å². The zero-order chi connectivity index (χ0) is 44.2. The number of carboxylic acids is 2. The normalized spacial score (nSPS) is 21.4. The van der Waals surface area contributed by atoms with E-state index in [1.165, 1.54) is 66.2 Å². The van der Waals surface area contributed by atoms with E-state index < -0.39 is 70.6 Å². The lowest BCUT2D eigenvalue weighted by Crippen LogP contribution is -2.70. The van der Waals surface area contributed by atoms with Gasteiger partial charge >= 0.3 is 11.9 Å². The molecular weight excluding hydrogens is 889 g/mol. The molecule has 0 bridgehead atoms. The van der Waals surface area contributed by atoms with Gasteiger partial charge in [0.1, 0.15) is 34.2 Å². The number of nitrogens with one attached hydrogen (secondary N) is 2. The van der Waals surface area contributed by atoms with Crippen LogP contribution in [0.3, 0.4) is 0 Å². The maximum Gasteiger partial charge on any atom is 0.352 e. The van der Waals surface area contributed by atoms with E-state index in [0.29, 0.717) is 55.6 Å². The van der Waals surface area contributed by atoms with E-state index in [2.05, 4.69) is 41.7 Å². The van der Waals surface area contributed by atoms with Crippen LogP contribution in [0.15, 0.2) is 93.5 Å².